The van der Waals surface area contributed by atoms with E-state index in [2.05, 4.69) is 10.6 Å². The summed E-state index contributed by atoms with van der Waals surface area (Å²) in [5.74, 6) is -0.310. The third-order valence-corrected chi connectivity index (χ3v) is 4.38. The van der Waals surface area contributed by atoms with Gasteiger partial charge in [0.15, 0.2) is 6.61 Å². The molecule has 1 heterocycles. The number of nitrogens with zero attached hydrogens (tertiary/aromatic N) is 1. The van der Waals surface area contributed by atoms with Gasteiger partial charge in [-0.1, -0.05) is 18.5 Å². The maximum atomic E-state index is 12.4. The Hall–Kier alpha value is -2.96. The molecule has 0 fully saturated rings. The largest absolute Gasteiger partial charge is 0.467 e. The number of nitrogens with two attached hydrogens (primary N) is 1. The lowest BCUT2D eigenvalue weighted by Gasteiger charge is -2.13. The number of carbonyl (C=O) groups excluding carboxylic acids is 2. The Bertz CT molecular complexity index is 845. The zero-order valence-electron chi connectivity index (χ0n) is 15.9. The summed E-state index contributed by atoms with van der Waals surface area (Å²) in [5.41, 5.74) is 0.695. The monoisotopic (exact) mass is 460 g/mol. The van der Waals surface area contributed by atoms with Gasteiger partial charge in [0.2, 0.25) is 0 Å². The summed E-state index contributed by atoms with van der Waals surface area (Å²) in [7, 11) is 0. The second-order valence-corrected chi connectivity index (χ2v) is 6.63. The van der Waals surface area contributed by atoms with Gasteiger partial charge >= 0.3 is 5.97 Å². The van der Waals surface area contributed by atoms with E-state index in [1.165, 1.54) is 6.07 Å². The summed E-state index contributed by atoms with van der Waals surface area (Å²) in [5, 5.41) is 25.3. The van der Waals surface area contributed by atoms with Crippen molar-refractivity contribution in [3.8, 4) is 0 Å². The number of amides is 1. The Balaban J connectivity index is 0.00000103. The Kier molecular flexibility index (Phi) is 11.1. The smallest absolute Gasteiger partial charge is 0.340 e. The van der Waals surface area contributed by atoms with Gasteiger partial charge in [-0.05, 0) is 42.6 Å². The van der Waals surface area contributed by atoms with Gasteiger partial charge in [0.25, 0.3) is 11.0 Å². The van der Waals surface area contributed by atoms with E-state index in [-0.39, 0.29) is 18.1 Å². The van der Waals surface area contributed by atoms with Crippen LogP contribution < -0.4 is 15.8 Å². The second kappa shape index (κ2) is 13.3. The molecule has 0 radical (unpaired) electrons. The minimum Gasteiger partial charge on any atom is -0.467 e. The molecular formula is C17H21ClN4O7S. The van der Waals surface area contributed by atoms with E-state index in [1.807, 2.05) is 6.92 Å². The molecule has 1 amide bonds. The fourth-order valence-corrected chi connectivity index (χ4v) is 2.73. The van der Waals surface area contributed by atoms with E-state index in [4.69, 9.17) is 41.2 Å². The molecule has 30 heavy (non-hydrogen) atoms. The number of hydrogen-bond donors (Lipinski definition) is 4. The van der Waals surface area contributed by atoms with Crippen molar-refractivity contribution in [2.75, 3.05) is 18.5 Å². The third kappa shape index (κ3) is 9.03. The van der Waals surface area contributed by atoms with E-state index in [0.717, 1.165) is 18.4 Å². The molecule has 2 rings (SSSR count). The van der Waals surface area contributed by atoms with Gasteiger partial charge in [-0.2, -0.15) is 0 Å². The number of carbonyl (C=O) groups is 2. The van der Waals surface area contributed by atoms with E-state index in [1.54, 1.807) is 24.5 Å². The minimum absolute atomic E-state index is 0.234. The number of nitrogens with one attached hydrogen (secondary N) is 2. The number of hydrogen-bond acceptors (Lipinski definition) is 9. The van der Waals surface area contributed by atoms with Gasteiger partial charge in [-0.25, -0.2) is 4.79 Å². The summed E-state index contributed by atoms with van der Waals surface area (Å²) in [6.45, 7) is 2.46. The van der Waals surface area contributed by atoms with Crippen LogP contribution in [0.4, 0.5) is 5.69 Å². The molecular weight excluding hydrogens is 440 g/mol. The minimum atomic E-state index is -1.50. The fourth-order valence-electron chi connectivity index (χ4n) is 2.08. The molecule has 0 aliphatic carbocycles. The van der Waals surface area contributed by atoms with E-state index in [0.29, 0.717) is 34.5 Å². The number of benzene rings is 1. The highest BCUT2D eigenvalue weighted by Gasteiger charge is 2.18. The molecule has 2 aromatic rings. The Morgan fingerprint density at radius 3 is 2.70 bits per heavy atom. The van der Waals surface area contributed by atoms with Gasteiger partial charge in [0.1, 0.15) is 5.76 Å². The molecule has 5 N–H and O–H groups in total. The average Bonchev–Trinajstić information content (AvgIpc) is 3.22. The van der Waals surface area contributed by atoms with Crippen LogP contribution in [-0.2, 0) is 16.1 Å². The maximum absolute atomic E-state index is 12.4. The number of rotatable bonds is 9. The van der Waals surface area contributed by atoms with Gasteiger partial charge in [-0.15, -0.1) is 10.1 Å². The molecule has 1 aromatic carbocycles. The summed E-state index contributed by atoms with van der Waals surface area (Å²) in [6, 6.07) is 6.69. The number of anilines is 1. The number of halogens is 1. The predicted molar refractivity (Wildman–Crippen MR) is 110 cm³/mol. The van der Waals surface area contributed by atoms with Crippen LogP contribution in [0.3, 0.4) is 0 Å². The summed E-state index contributed by atoms with van der Waals surface area (Å²) in [6.07, 6.45) is 2.36. The first-order valence-electron chi connectivity index (χ1n) is 8.52. The second-order valence-electron chi connectivity index (χ2n) is 5.54. The van der Waals surface area contributed by atoms with Crippen LogP contribution in [0.1, 0.15) is 29.5 Å². The fraction of sp³-hybridized carbons (Fsp3) is 0.294. The van der Waals surface area contributed by atoms with Crippen molar-refractivity contribution in [3.05, 3.63) is 57.0 Å². The van der Waals surface area contributed by atoms with Crippen molar-refractivity contribution < 1.29 is 29.0 Å². The van der Waals surface area contributed by atoms with Crippen LogP contribution in [-0.4, -0.2) is 35.3 Å². The SMILES string of the molecule is CCCNC(=O)COC(=O)c1cc(SN)c(Cl)cc1NCc1ccco1.O=[N+]([O-])O. The van der Waals surface area contributed by atoms with Crippen LogP contribution in [0.25, 0.3) is 0 Å². The lowest BCUT2D eigenvalue weighted by atomic mass is 10.1. The zero-order valence-corrected chi connectivity index (χ0v) is 17.5. The molecule has 0 unspecified atom stereocenters. The van der Waals surface area contributed by atoms with Gasteiger partial charge in [-0.3, -0.25) is 9.93 Å². The van der Waals surface area contributed by atoms with Crippen LogP contribution in [0.2, 0.25) is 5.02 Å². The average molecular weight is 461 g/mol. The molecule has 13 heteroatoms. The van der Waals surface area contributed by atoms with Crippen LogP contribution in [0.15, 0.2) is 39.8 Å². The highest BCUT2D eigenvalue weighted by molar-refractivity contribution is 7.97. The number of furan rings is 1. The highest BCUT2D eigenvalue weighted by Crippen LogP contribution is 2.31. The summed E-state index contributed by atoms with van der Waals surface area (Å²) >= 11 is 7.09. The lowest BCUT2D eigenvalue weighted by Crippen LogP contribution is -2.29. The van der Waals surface area contributed by atoms with E-state index >= 15 is 0 Å². The lowest BCUT2D eigenvalue weighted by molar-refractivity contribution is -0.742. The van der Waals surface area contributed by atoms with Gasteiger partial charge < -0.3 is 25.0 Å². The quantitative estimate of drug-likeness (QED) is 0.189. The molecule has 0 saturated heterocycles. The highest BCUT2D eigenvalue weighted by atomic mass is 35.5. The topological polar surface area (TPSA) is 170 Å². The molecule has 0 aliphatic rings. The molecule has 0 atom stereocenters. The molecule has 0 spiro atoms. The third-order valence-electron chi connectivity index (χ3n) is 3.36. The van der Waals surface area contributed by atoms with Crippen LogP contribution in [0.5, 0.6) is 0 Å². The van der Waals surface area contributed by atoms with E-state index < -0.39 is 11.1 Å². The zero-order chi connectivity index (χ0) is 22.5. The van der Waals surface area contributed by atoms with Crippen molar-refractivity contribution >= 4 is 41.1 Å². The predicted octanol–water partition coefficient (Wildman–Crippen LogP) is 2.85. The molecule has 164 valence electrons. The van der Waals surface area contributed by atoms with Crippen LogP contribution in [0, 0.1) is 10.1 Å². The standard InChI is InChI=1S/C17H20ClN3O4S.HNO3/c1-2-5-20-16(22)10-25-17(23)12-7-15(26-19)13(18)8-14(12)21-9-11-4-3-6-24-11;2-1(3)4/h3-4,6-8,21H,2,5,9-10,19H2,1H3,(H,20,22);(H,2,3,4). The van der Waals surface area contributed by atoms with Crippen LogP contribution >= 0.6 is 23.5 Å². The Morgan fingerprint density at radius 2 is 2.13 bits per heavy atom. The van der Waals surface area contributed by atoms with Crippen molar-refractivity contribution in [1.29, 1.82) is 0 Å². The summed E-state index contributed by atoms with van der Waals surface area (Å²) < 4.78 is 10.4. The van der Waals surface area contributed by atoms with Gasteiger partial charge in [0, 0.05) is 11.4 Å². The molecule has 0 aliphatic heterocycles. The normalized spacial score (nSPS) is 9.83. The molecule has 1 aromatic heterocycles. The Morgan fingerprint density at radius 1 is 1.43 bits per heavy atom. The van der Waals surface area contributed by atoms with Crippen molar-refractivity contribution in [2.24, 2.45) is 5.14 Å². The van der Waals surface area contributed by atoms with Crippen molar-refractivity contribution in [3.63, 3.8) is 0 Å². The maximum Gasteiger partial charge on any atom is 0.340 e. The number of esters is 1. The molecule has 11 nitrogen and oxygen atoms in total. The van der Waals surface area contributed by atoms with Crippen molar-refractivity contribution in [2.45, 2.75) is 24.8 Å². The van der Waals surface area contributed by atoms with Gasteiger partial charge in [0.05, 0.1) is 29.1 Å². The van der Waals surface area contributed by atoms with E-state index in [9.17, 15) is 9.59 Å². The van der Waals surface area contributed by atoms with Crippen molar-refractivity contribution in [1.82, 2.24) is 5.32 Å². The molecule has 0 bridgehead atoms. The summed E-state index contributed by atoms with van der Waals surface area (Å²) in [4.78, 5) is 32.9. The first-order valence-corrected chi connectivity index (χ1v) is 9.77. The Labute approximate surface area is 181 Å². The number of ether oxygens (including phenoxy) is 1. The first-order chi connectivity index (χ1) is 14.3. The molecule has 0 saturated carbocycles. The first kappa shape index (κ1) is 25.1.